The number of nitrogens with one attached hydrogen (secondary N) is 2. The van der Waals surface area contributed by atoms with E-state index in [0.717, 1.165) is 37.2 Å². The maximum absolute atomic E-state index is 12.4. The van der Waals surface area contributed by atoms with Gasteiger partial charge in [0.1, 0.15) is 5.75 Å². The standard InChI is InChI=1S/C17H27ClN4O4S.ClH/c1-13(23)19-15-12-17(24)16(11-14(15)18)20-27(25,26)10-4-7-22(3)8-5-21(2)6-9-22;/h11-12,20H,4-10H2,1-3H3,(H-,19,23,24);1H. The summed E-state index contributed by atoms with van der Waals surface area (Å²) in [5.74, 6) is -0.684. The van der Waals surface area contributed by atoms with Crippen LogP contribution in [0.4, 0.5) is 11.4 Å². The fraction of sp³-hybridized carbons (Fsp3) is 0.588. The fourth-order valence-electron chi connectivity index (χ4n) is 3.06. The van der Waals surface area contributed by atoms with Crippen LogP contribution < -0.4 is 22.4 Å². The smallest absolute Gasteiger partial charge is 0.233 e. The maximum Gasteiger partial charge on any atom is 0.233 e. The highest BCUT2D eigenvalue weighted by molar-refractivity contribution is 7.92. The Kier molecular flexibility index (Phi) is 8.83. The van der Waals surface area contributed by atoms with Crippen molar-refractivity contribution in [2.75, 3.05) is 62.6 Å². The predicted molar refractivity (Wildman–Crippen MR) is 108 cm³/mol. The monoisotopic (exact) mass is 454 g/mol. The van der Waals surface area contributed by atoms with Crippen LogP contribution in [0.3, 0.4) is 0 Å². The Labute approximate surface area is 177 Å². The Hall–Kier alpha value is -1.26. The summed E-state index contributed by atoms with van der Waals surface area (Å²) in [4.78, 5) is 13.4. The topological polar surface area (TPSA) is 98.7 Å². The van der Waals surface area contributed by atoms with Crippen LogP contribution in [0.25, 0.3) is 0 Å². The molecule has 0 bridgehead atoms. The number of carbonyl (C=O) groups excluding carboxylic acids is 1. The number of hydrogen-bond donors (Lipinski definition) is 3. The number of anilines is 2. The Bertz CT molecular complexity index is 797. The van der Waals surface area contributed by atoms with Crippen LogP contribution in [-0.2, 0) is 14.8 Å². The molecule has 1 saturated heterocycles. The number of carbonyl (C=O) groups is 1. The summed E-state index contributed by atoms with van der Waals surface area (Å²) in [7, 11) is 0.618. The van der Waals surface area contributed by atoms with Gasteiger partial charge in [-0.15, -0.1) is 0 Å². The van der Waals surface area contributed by atoms with Crippen LogP contribution in [0.15, 0.2) is 12.1 Å². The number of amides is 1. The fourth-order valence-corrected chi connectivity index (χ4v) is 4.38. The second-order valence-corrected chi connectivity index (χ2v) is 9.65. The number of sulfonamides is 1. The van der Waals surface area contributed by atoms with Crippen LogP contribution in [0.2, 0.25) is 5.02 Å². The molecule has 1 fully saturated rings. The molecule has 1 aromatic rings. The van der Waals surface area contributed by atoms with Crippen molar-refractivity contribution in [1.29, 1.82) is 0 Å². The van der Waals surface area contributed by atoms with E-state index in [2.05, 4.69) is 29.0 Å². The number of likely N-dealkylation sites (N-methyl/N-ethyl adjacent to an activating group) is 2. The van der Waals surface area contributed by atoms with Gasteiger partial charge in [0.25, 0.3) is 0 Å². The average molecular weight is 455 g/mol. The summed E-state index contributed by atoms with van der Waals surface area (Å²) in [5, 5.41) is 12.6. The van der Waals surface area contributed by atoms with Gasteiger partial charge in [0.2, 0.25) is 15.9 Å². The molecular formula is C17H28Cl2N4O4S. The number of benzene rings is 1. The minimum absolute atomic E-state index is 0. The summed E-state index contributed by atoms with van der Waals surface area (Å²) in [6.07, 6.45) is 0.522. The Morgan fingerprint density at radius 2 is 1.89 bits per heavy atom. The zero-order valence-corrected chi connectivity index (χ0v) is 18.7. The van der Waals surface area contributed by atoms with Gasteiger partial charge >= 0.3 is 0 Å². The third-order valence-corrected chi connectivity index (χ3v) is 6.49. The molecule has 1 aromatic carbocycles. The summed E-state index contributed by atoms with van der Waals surface area (Å²) in [6, 6.07) is 2.51. The number of phenolic OH excluding ortho intramolecular Hbond substituents is 1. The van der Waals surface area contributed by atoms with Gasteiger partial charge < -0.3 is 27.3 Å². The van der Waals surface area contributed by atoms with E-state index in [9.17, 15) is 18.3 Å². The summed E-state index contributed by atoms with van der Waals surface area (Å²) in [5.41, 5.74) is 0.214. The van der Waals surface area contributed by atoms with Crippen molar-refractivity contribution < 1.29 is 35.2 Å². The summed E-state index contributed by atoms with van der Waals surface area (Å²) >= 11 is 6.04. The second-order valence-electron chi connectivity index (χ2n) is 7.40. The highest BCUT2D eigenvalue weighted by Crippen LogP contribution is 2.34. The lowest BCUT2D eigenvalue weighted by Crippen LogP contribution is -3.00. The average Bonchev–Trinajstić information content (AvgIpc) is 2.54. The molecule has 1 aliphatic heterocycles. The lowest BCUT2D eigenvalue weighted by molar-refractivity contribution is -0.913. The normalized spacial score (nSPS) is 16.9. The lowest BCUT2D eigenvalue weighted by atomic mass is 10.2. The van der Waals surface area contributed by atoms with Gasteiger partial charge in [-0.2, -0.15) is 0 Å². The van der Waals surface area contributed by atoms with E-state index in [0.29, 0.717) is 6.42 Å². The molecule has 11 heteroatoms. The van der Waals surface area contributed by atoms with Crippen molar-refractivity contribution in [3.05, 3.63) is 17.2 Å². The van der Waals surface area contributed by atoms with Crippen LogP contribution in [-0.4, -0.2) is 81.4 Å². The first kappa shape index (κ1) is 24.8. The first-order valence-electron chi connectivity index (χ1n) is 8.82. The number of piperazine rings is 1. The Morgan fingerprint density at radius 1 is 1.29 bits per heavy atom. The quantitative estimate of drug-likeness (QED) is 0.345. The number of phenols is 1. The molecule has 28 heavy (non-hydrogen) atoms. The molecule has 1 heterocycles. The maximum atomic E-state index is 12.4. The van der Waals surface area contributed by atoms with Crippen molar-refractivity contribution in [3.8, 4) is 5.75 Å². The van der Waals surface area contributed by atoms with E-state index in [4.69, 9.17) is 11.6 Å². The first-order chi connectivity index (χ1) is 12.5. The number of halogens is 2. The highest BCUT2D eigenvalue weighted by Gasteiger charge is 2.27. The van der Waals surface area contributed by atoms with Crippen molar-refractivity contribution in [1.82, 2.24) is 4.90 Å². The van der Waals surface area contributed by atoms with E-state index < -0.39 is 10.0 Å². The highest BCUT2D eigenvalue weighted by atomic mass is 35.5. The van der Waals surface area contributed by atoms with Gasteiger partial charge in [-0.3, -0.25) is 14.4 Å². The molecule has 8 nitrogen and oxygen atoms in total. The van der Waals surface area contributed by atoms with Gasteiger partial charge in [0, 0.05) is 32.5 Å². The third-order valence-electron chi connectivity index (χ3n) is 4.82. The molecule has 0 radical (unpaired) electrons. The van der Waals surface area contributed by atoms with Gasteiger partial charge in [-0.25, -0.2) is 8.42 Å². The zero-order valence-electron chi connectivity index (χ0n) is 16.3. The van der Waals surface area contributed by atoms with E-state index in [-0.39, 0.29) is 46.2 Å². The molecule has 0 unspecified atom stereocenters. The Morgan fingerprint density at radius 3 is 2.46 bits per heavy atom. The SMILES string of the molecule is CC(=O)Nc1cc(O)c(NS(=O)(=O)CCC[N+]2(C)CCN(C)CC2)cc1Cl.[Cl-]. The Balaban J connectivity index is 0.00000392. The molecule has 2 rings (SSSR count). The number of aromatic hydroxyl groups is 1. The molecule has 1 amide bonds. The van der Waals surface area contributed by atoms with Gasteiger partial charge in [0.15, 0.2) is 0 Å². The molecule has 0 saturated carbocycles. The number of quaternary nitrogens is 1. The molecule has 160 valence electrons. The van der Waals surface area contributed by atoms with Gasteiger partial charge in [0.05, 0.1) is 48.8 Å². The third kappa shape index (κ3) is 7.29. The molecule has 0 spiro atoms. The second kappa shape index (κ2) is 9.98. The minimum atomic E-state index is -3.62. The van der Waals surface area contributed by atoms with Gasteiger partial charge in [-0.05, 0) is 13.1 Å². The summed E-state index contributed by atoms with van der Waals surface area (Å²) < 4.78 is 28.0. The van der Waals surface area contributed by atoms with E-state index in [1.807, 2.05) is 0 Å². The van der Waals surface area contributed by atoms with Crippen LogP contribution >= 0.6 is 11.6 Å². The van der Waals surface area contributed by atoms with Crippen molar-refractivity contribution in [3.63, 3.8) is 0 Å². The molecule has 0 aromatic heterocycles. The summed E-state index contributed by atoms with van der Waals surface area (Å²) in [6.45, 7) is 6.12. The van der Waals surface area contributed by atoms with Crippen LogP contribution in [0.5, 0.6) is 5.75 Å². The van der Waals surface area contributed by atoms with Crippen LogP contribution in [0.1, 0.15) is 13.3 Å². The molecule has 3 N–H and O–H groups in total. The van der Waals surface area contributed by atoms with E-state index in [1.165, 1.54) is 19.1 Å². The molecule has 0 atom stereocenters. The van der Waals surface area contributed by atoms with Crippen molar-refractivity contribution in [2.24, 2.45) is 0 Å². The van der Waals surface area contributed by atoms with Crippen molar-refractivity contribution >= 4 is 38.9 Å². The molecule has 1 aliphatic rings. The molecular weight excluding hydrogens is 427 g/mol. The zero-order chi connectivity index (χ0) is 20.2. The lowest BCUT2D eigenvalue weighted by Gasteiger charge is -2.41. The van der Waals surface area contributed by atoms with Gasteiger partial charge in [-0.1, -0.05) is 11.6 Å². The number of nitrogens with zero attached hydrogens (tertiary/aromatic N) is 2. The van der Waals surface area contributed by atoms with Crippen molar-refractivity contribution in [2.45, 2.75) is 13.3 Å². The van der Waals surface area contributed by atoms with E-state index >= 15 is 0 Å². The number of hydrogen-bond acceptors (Lipinski definition) is 5. The molecule has 0 aliphatic carbocycles. The van der Waals surface area contributed by atoms with E-state index in [1.54, 1.807) is 0 Å². The predicted octanol–water partition coefficient (Wildman–Crippen LogP) is -1.47. The number of rotatable bonds is 7. The largest absolute Gasteiger partial charge is 1.00 e. The minimum Gasteiger partial charge on any atom is -1.00 e. The first-order valence-corrected chi connectivity index (χ1v) is 10.9. The van der Waals surface area contributed by atoms with Crippen LogP contribution in [0, 0.1) is 0 Å².